The number of nitrogens with zero attached hydrogens (tertiary/aromatic N) is 4. The molecule has 13 aromatic carbocycles. The van der Waals surface area contributed by atoms with Gasteiger partial charge in [-0.1, -0.05) is 259 Å². The molecule has 2 aliphatic heterocycles. The van der Waals surface area contributed by atoms with Crippen LogP contribution >= 0.6 is 11.3 Å². The Morgan fingerprint density at radius 3 is 1.15 bits per heavy atom. The second-order valence-corrected chi connectivity index (χ2v) is 33.2. The van der Waals surface area contributed by atoms with Crippen LogP contribution in [0.5, 0.6) is 0 Å². The average molecular weight is 1310 g/mol. The van der Waals surface area contributed by atoms with Crippen molar-refractivity contribution >= 4 is 132 Å². The van der Waals surface area contributed by atoms with Crippen LogP contribution in [-0.4, -0.2) is 15.8 Å². The van der Waals surface area contributed by atoms with E-state index in [4.69, 9.17) is 0 Å². The Morgan fingerprint density at radius 2 is 0.680 bits per heavy atom. The molecule has 4 nitrogen and oxygen atoms in total. The number of hydrogen-bond donors (Lipinski definition) is 0. The van der Waals surface area contributed by atoms with Gasteiger partial charge in [0.05, 0.1) is 39.1 Å². The number of anilines is 6. The minimum absolute atomic E-state index is 0.0422. The average Bonchev–Trinajstić information content (AvgIpc) is 1.13. The molecule has 3 aromatic heterocycles. The number of aromatic nitrogens is 2. The Labute approximate surface area is 592 Å². The summed E-state index contributed by atoms with van der Waals surface area (Å²) in [6.07, 6.45) is 0. The summed E-state index contributed by atoms with van der Waals surface area (Å²) >= 11 is 1.96. The van der Waals surface area contributed by atoms with Crippen molar-refractivity contribution in [2.24, 2.45) is 0 Å². The van der Waals surface area contributed by atoms with Gasteiger partial charge in [-0.25, -0.2) is 0 Å². The molecule has 0 bridgehead atoms. The maximum atomic E-state index is 2.69. The van der Waals surface area contributed by atoms with Gasteiger partial charge in [0, 0.05) is 81.3 Å². The van der Waals surface area contributed by atoms with Crippen LogP contribution in [0.2, 0.25) is 0 Å². The molecular formula is C94H81BN4S. The third-order valence-corrected chi connectivity index (χ3v) is 22.9. The van der Waals surface area contributed by atoms with Gasteiger partial charge in [-0.15, -0.1) is 11.3 Å². The van der Waals surface area contributed by atoms with Gasteiger partial charge in [0.1, 0.15) is 0 Å². The zero-order valence-corrected chi connectivity index (χ0v) is 60.1. The molecule has 0 saturated carbocycles. The van der Waals surface area contributed by atoms with Crippen molar-refractivity contribution in [1.82, 2.24) is 9.13 Å². The van der Waals surface area contributed by atoms with Crippen molar-refractivity contribution in [2.75, 3.05) is 9.80 Å². The molecule has 16 aromatic rings. The summed E-state index contributed by atoms with van der Waals surface area (Å²) in [5, 5.41) is 7.61. The summed E-state index contributed by atoms with van der Waals surface area (Å²) in [4.78, 5) is 5.34. The van der Waals surface area contributed by atoms with Gasteiger partial charge in [-0.05, 0) is 180 Å². The highest BCUT2D eigenvalue weighted by Gasteiger charge is 2.47. The minimum atomic E-state index is -0.234. The lowest BCUT2D eigenvalue weighted by atomic mass is 9.33. The second kappa shape index (κ2) is 22.4. The Morgan fingerprint density at radius 1 is 0.280 bits per heavy atom. The third kappa shape index (κ3) is 9.68. The molecule has 2 aliphatic rings. The lowest BCUT2D eigenvalue weighted by molar-refractivity contribution is 0.590. The van der Waals surface area contributed by atoms with Crippen molar-refractivity contribution in [1.29, 1.82) is 0 Å². The molecule has 0 unspecified atom stereocenters. The van der Waals surface area contributed by atoms with Crippen molar-refractivity contribution in [2.45, 2.75) is 105 Å². The first-order valence-electron chi connectivity index (χ1n) is 35.6. The van der Waals surface area contributed by atoms with Gasteiger partial charge < -0.3 is 18.9 Å². The van der Waals surface area contributed by atoms with Crippen LogP contribution in [0, 0.1) is 0 Å². The molecule has 0 fully saturated rings. The molecule has 0 N–H and O–H groups in total. The highest BCUT2D eigenvalue weighted by atomic mass is 32.1. The maximum Gasteiger partial charge on any atom is 0.254 e. The number of para-hydroxylation sites is 2. The first-order valence-corrected chi connectivity index (χ1v) is 36.4. The van der Waals surface area contributed by atoms with Crippen LogP contribution in [0.1, 0.15) is 105 Å². The summed E-state index contributed by atoms with van der Waals surface area (Å²) in [7, 11) is 0. The first-order chi connectivity index (χ1) is 48.2. The Kier molecular flexibility index (Phi) is 13.8. The standard InChI is InChI=1S/C94H81BN4S/c1-91(2,3)62-40-46-77-70(52-62)71-53-63(92(4,5)6)41-47-78(71)96(77)66-44-45-74-81(56-66)98(75-37-25-22-34-67(75)59-30-18-14-19-31-59)83-50-61(58-28-16-13-17-29-58)51-84-88(83)95(74)89-85(99(84)76-38-26-23-35-68(76)60-32-20-15-21-33-60)57-82(87-69-36-24-27-39-86(69)100-90(87)89)97-79-48-42-64(93(7,8)9)54-72(79)73-55-65(94(10,11)12)43-49-80(73)97/h13-57H,1-12H3. The largest absolute Gasteiger partial charge is 0.311 e. The zero-order valence-electron chi connectivity index (χ0n) is 59.3. The monoisotopic (exact) mass is 1310 g/mol. The van der Waals surface area contributed by atoms with E-state index in [2.05, 4.69) is 375 Å². The Bertz CT molecular complexity index is 5860. The van der Waals surface area contributed by atoms with Gasteiger partial charge in [0.15, 0.2) is 0 Å². The lowest BCUT2D eigenvalue weighted by Crippen LogP contribution is -2.61. The van der Waals surface area contributed by atoms with Crippen LogP contribution in [0.15, 0.2) is 273 Å². The fraction of sp³-hybridized carbons (Fsp3) is 0.170. The number of benzene rings is 13. The maximum absolute atomic E-state index is 2.69. The fourth-order valence-corrected chi connectivity index (χ4v) is 17.8. The fourth-order valence-electron chi connectivity index (χ4n) is 16.5. The van der Waals surface area contributed by atoms with E-state index in [1.165, 1.54) is 114 Å². The quantitative estimate of drug-likeness (QED) is 0.148. The number of rotatable bonds is 7. The predicted octanol–water partition coefficient (Wildman–Crippen LogP) is 24.5. The highest BCUT2D eigenvalue weighted by molar-refractivity contribution is 7.28. The molecule has 0 radical (unpaired) electrons. The number of thiophene rings is 1. The Balaban J connectivity index is 1.02. The van der Waals surface area contributed by atoms with Crippen LogP contribution in [0.25, 0.3) is 109 Å². The molecule has 486 valence electrons. The molecular weight excluding hydrogens is 1230 g/mol. The van der Waals surface area contributed by atoms with E-state index < -0.39 is 0 Å². The van der Waals surface area contributed by atoms with E-state index >= 15 is 0 Å². The van der Waals surface area contributed by atoms with Gasteiger partial charge in [0.2, 0.25) is 0 Å². The third-order valence-electron chi connectivity index (χ3n) is 21.7. The highest BCUT2D eigenvalue weighted by Crippen LogP contribution is 2.54. The second-order valence-electron chi connectivity index (χ2n) is 32.1. The summed E-state index contributed by atoms with van der Waals surface area (Å²) in [5.74, 6) is 0. The molecule has 0 atom stereocenters. The van der Waals surface area contributed by atoms with Gasteiger partial charge in [-0.3, -0.25) is 0 Å². The van der Waals surface area contributed by atoms with E-state index in [-0.39, 0.29) is 28.4 Å². The molecule has 6 heteroatoms. The molecule has 5 heterocycles. The molecule has 0 amide bonds. The summed E-state index contributed by atoms with van der Waals surface area (Å²) in [6, 6.07) is 105. The molecule has 18 rings (SSSR count). The van der Waals surface area contributed by atoms with E-state index in [1.807, 2.05) is 11.3 Å². The van der Waals surface area contributed by atoms with E-state index in [9.17, 15) is 0 Å². The zero-order chi connectivity index (χ0) is 68.5. The molecule has 0 spiro atoms. The van der Waals surface area contributed by atoms with Gasteiger partial charge in [-0.2, -0.15) is 0 Å². The number of fused-ring (bicyclic) bond motifs is 14. The normalized spacial score (nSPS) is 13.3. The lowest BCUT2D eigenvalue weighted by Gasteiger charge is -2.45. The van der Waals surface area contributed by atoms with E-state index in [0.717, 1.165) is 67.5 Å². The smallest absolute Gasteiger partial charge is 0.254 e. The molecule has 0 aliphatic carbocycles. The van der Waals surface area contributed by atoms with Crippen LogP contribution < -0.4 is 26.2 Å². The summed E-state index contributed by atoms with van der Waals surface area (Å²) in [5.41, 5.74) is 29.8. The topological polar surface area (TPSA) is 16.3 Å². The van der Waals surface area contributed by atoms with Crippen LogP contribution in [0.4, 0.5) is 34.1 Å². The minimum Gasteiger partial charge on any atom is -0.311 e. The van der Waals surface area contributed by atoms with Crippen LogP contribution in [0.3, 0.4) is 0 Å². The Hall–Kier alpha value is -10.7. The first kappa shape index (κ1) is 61.7. The van der Waals surface area contributed by atoms with Gasteiger partial charge >= 0.3 is 0 Å². The van der Waals surface area contributed by atoms with E-state index in [0.29, 0.717) is 0 Å². The van der Waals surface area contributed by atoms with Crippen molar-refractivity contribution < 1.29 is 0 Å². The SMILES string of the molecule is CC(C)(C)c1ccc2c(c1)c1cc(C(C)(C)C)ccc1n2-c1ccc2c(c1)N(c1ccccc1-c1ccccc1)c1cc(-c3ccccc3)cc3c1B2c1c(cc(-n2c4ccc(C(C)(C)C)cc4c4cc(C(C)(C)C)ccc42)c2c1sc1ccccc12)N3c1ccccc1-c1ccccc1. The van der Waals surface area contributed by atoms with Crippen LogP contribution in [-0.2, 0) is 21.7 Å². The molecule has 100 heavy (non-hydrogen) atoms. The number of hydrogen-bond acceptors (Lipinski definition) is 3. The van der Waals surface area contributed by atoms with Crippen molar-refractivity contribution in [3.05, 3.63) is 295 Å². The summed E-state index contributed by atoms with van der Waals surface area (Å²) in [6.45, 7) is 27.8. The van der Waals surface area contributed by atoms with E-state index in [1.54, 1.807) is 0 Å². The predicted molar refractivity (Wildman–Crippen MR) is 433 cm³/mol. The van der Waals surface area contributed by atoms with Crippen molar-refractivity contribution in [3.63, 3.8) is 0 Å². The van der Waals surface area contributed by atoms with Crippen molar-refractivity contribution in [3.8, 4) is 44.8 Å². The van der Waals surface area contributed by atoms with Gasteiger partial charge in [0.25, 0.3) is 6.71 Å². The molecule has 0 saturated heterocycles. The summed E-state index contributed by atoms with van der Waals surface area (Å²) < 4.78 is 7.75.